The fourth-order valence-corrected chi connectivity index (χ4v) is 3.38. The van der Waals surface area contributed by atoms with Crippen LogP contribution in [0.1, 0.15) is 43.9 Å². The molecule has 1 fully saturated rings. The van der Waals surface area contributed by atoms with Crippen LogP contribution in [-0.2, 0) is 6.54 Å². The highest BCUT2D eigenvalue weighted by atomic mass is 15.1. The topological polar surface area (TPSA) is 32.6 Å². The molecule has 4 heteroatoms. The zero-order valence-electron chi connectivity index (χ0n) is 13.9. The normalized spacial score (nSPS) is 18.5. The van der Waals surface area contributed by atoms with E-state index in [2.05, 4.69) is 51.8 Å². The van der Waals surface area contributed by atoms with E-state index < -0.39 is 0 Å². The molecule has 0 bridgehead atoms. The Labute approximate surface area is 133 Å². The number of fused-ring (bicyclic) bond motifs is 1. The van der Waals surface area contributed by atoms with Crippen LogP contribution in [0.25, 0.3) is 5.65 Å². The van der Waals surface area contributed by atoms with Crippen LogP contribution in [0.4, 0.5) is 0 Å². The minimum Gasteiger partial charge on any atom is -0.307 e. The first-order valence-corrected chi connectivity index (χ1v) is 8.61. The van der Waals surface area contributed by atoms with Crippen molar-refractivity contribution in [3.05, 3.63) is 35.8 Å². The largest absolute Gasteiger partial charge is 0.307 e. The summed E-state index contributed by atoms with van der Waals surface area (Å²) in [5.74, 6) is 0. The van der Waals surface area contributed by atoms with E-state index in [1.807, 2.05) is 6.20 Å². The molecule has 1 saturated heterocycles. The van der Waals surface area contributed by atoms with Gasteiger partial charge in [-0.3, -0.25) is 0 Å². The van der Waals surface area contributed by atoms with Gasteiger partial charge in [0, 0.05) is 25.3 Å². The molecule has 1 aliphatic heterocycles. The fourth-order valence-electron chi connectivity index (χ4n) is 3.38. The number of nitrogens with zero attached hydrogens (tertiary/aromatic N) is 3. The summed E-state index contributed by atoms with van der Waals surface area (Å²) in [5.41, 5.74) is 3.53. The zero-order chi connectivity index (χ0) is 15.4. The van der Waals surface area contributed by atoms with Gasteiger partial charge in [0.1, 0.15) is 5.65 Å². The van der Waals surface area contributed by atoms with E-state index in [-0.39, 0.29) is 0 Å². The molecule has 0 radical (unpaired) electrons. The SMILES string of the molecule is Cc1cccn2c(CN[C@H](C)CN3CCCCCC3)cnc12. The summed E-state index contributed by atoms with van der Waals surface area (Å²) in [6.07, 6.45) is 9.62. The maximum atomic E-state index is 4.54. The van der Waals surface area contributed by atoms with E-state index in [1.54, 1.807) is 0 Å². The van der Waals surface area contributed by atoms with Crippen molar-refractivity contribution in [2.45, 2.75) is 52.1 Å². The molecule has 0 unspecified atom stereocenters. The molecular formula is C18H28N4. The molecule has 1 aliphatic rings. The number of hydrogen-bond donors (Lipinski definition) is 1. The Morgan fingerprint density at radius 2 is 2.00 bits per heavy atom. The number of likely N-dealkylation sites (tertiary alicyclic amines) is 1. The molecule has 1 atom stereocenters. The summed E-state index contributed by atoms with van der Waals surface area (Å²) in [5, 5.41) is 3.66. The number of aryl methyl sites for hydroxylation is 1. The van der Waals surface area contributed by atoms with Crippen molar-refractivity contribution in [1.82, 2.24) is 19.6 Å². The molecule has 4 nitrogen and oxygen atoms in total. The van der Waals surface area contributed by atoms with Crippen LogP contribution >= 0.6 is 0 Å². The van der Waals surface area contributed by atoms with E-state index in [0.29, 0.717) is 6.04 Å². The summed E-state index contributed by atoms with van der Waals surface area (Å²) >= 11 is 0. The molecule has 3 rings (SSSR count). The zero-order valence-corrected chi connectivity index (χ0v) is 13.9. The lowest BCUT2D eigenvalue weighted by Gasteiger charge is -2.24. The van der Waals surface area contributed by atoms with Gasteiger partial charge < -0.3 is 14.6 Å². The Morgan fingerprint density at radius 3 is 2.77 bits per heavy atom. The van der Waals surface area contributed by atoms with E-state index in [4.69, 9.17) is 0 Å². The Balaban J connectivity index is 1.55. The predicted molar refractivity (Wildman–Crippen MR) is 91.1 cm³/mol. The summed E-state index contributed by atoms with van der Waals surface area (Å²) in [6, 6.07) is 4.71. The summed E-state index contributed by atoms with van der Waals surface area (Å²) in [7, 11) is 0. The van der Waals surface area contributed by atoms with Gasteiger partial charge in [-0.05, 0) is 51.4 Å². The number of imidazole rings is 1. The maximum absolute atomic E-state index is 4.54. The standard InChI is InChI=1S/C18H28N4/c1-15-8-7-11-22-17(13-20-18(15)22)12-19-16(2)14-21-9-5-3-4-6-10-21/h7-8,11,13,16,19H,3-6,9-10,12,14H2,1-2H3/t16-/m1/s1. The van der Waals surface area contributed by atoms with Crippen LogP contribution in [0.2, 0.25) is 0 Å². The highest BCUT2D eigenvalue weighted by Crippen LogP contribution is 2.12. The first kappa shape index (κ1) is 15.5. The average Bonchev–Trinajstić information content (AvgIpc) is 2.76. The minimum atomic E-state index is 0.508. The van der Waals surface area contributed by atoms with E-state index in [0.717, 1.165) is 18.7 Å². The van der Waals surface area contributed by atoms with Crippen molar-refractivity contribution in [2.75, 3.05) is 19.6 Å². The summed E-state index contributed by atoms with van der Waals surface area (Å²) < 4.78 is 2.20. The molecular weight excluding hydrogens is 272 g/mol. The Morgan fingerprint density at radius 1 is 1.23 bits per heavy atom. The molecule has 2 aromatic heterocycles. The van der Waals surface area contributed by atoms with Gasteiger partial charge >= 0.3 is 0 Å². The highest BCUT2D eigenvalue weighted by Gasteiger charge is 2.13. The van der Waals surface area contributed by atoms with Crippen molar-refractivity contribution < 1.29 is 0 Å². The molecule has 0 spiro atoms. The van der Waals surface area contributed by atoms with Gasteiger partial charge in [0.15, 0.2) is 0 Å². The molecule has 120 valence electrons. The molecule has 0 saturated carbocycles. The Hall–Kier alpha value is -1.39. The lowest BCUT2D eigenvalue weighted by Crippen LogP contribution is -2.39. The summed E-state index contributed by atoms with van der Waals surface area (Å²) in [4.78, 5) is 7.15. The third-order valence-electron chi connectivity index (χ3n) is 4.67. The first-order valence-electron chi connectivity index (χ1n) is 8.61. The van der Waals surface area contributed by atoms with Crippen LogP contribution < -0.4 is 5.32 Å². The van der Waals surface area contributed by atoms with E-state index in [1.165, 1.54) is 50.0 Å². The van der Waals surface area contributed by atoms with Crippen molar-refractivity contribution in [1.29, 1.82) is 0 Å². The summed E-state index contributed by atoms with van der Waals surface area (Å²) in [6.45, 7) is 8.96. The monoisotopic (exact) mass is 300 g/mol. The number of rotatable bonds is 5. The van der Waals surface area contributed by atoms with Crippen molar-refractivity contribution >= 4 is 5.65 Å². The molecule has 0 aliphatic carbocycles. The van der Waals surface area contributed by atoms with Gasteiger partial charge in [-0.15, -0.1) is 0 Å². The molecule has 2 aromatic rings. The minimum absolute atomic E-state index is 0.508. The lowest BCUT2D eigenvalue weighted by atomic mass is 10.2. The second kappa shape index (κ2) is 7.25. The predicted octanol–water partition coefficient (Wildman–Crippen LogP) is 3.00. The first-order chi connectivity index (χ1) is 10.7. The number of nitrogens with one attached hydrogen (secondary N) is 1. The van der Waals surface area contributed by atoms with Gasteiger partial charge in [-0.2, -0.15) is 0 Å². The third kappa shape index (κ3) is 3.68. The van der Waals surface area contributed by atoms with Crippen molar-refractivity contribution in [3.63, 3.8) is 0 Å². The van der Waals surface area contributed by atoms with Crippen molar-refractivity contribution in [3.8, 4) is 0 Å². The van der Waals surface area contributed by atoms with E-state index >= 15 is 0 Å². The smallest absolute Gasteiger partial charge is 0.139 e. The highest BCUT2D eigenvalue weighted by molar-refractivity contribution is 5.48. The van der Waals surface area contributed by atoms with Crippen LogP contribution in [0.3, 0.4) is 0 Å². The average molecular weight is 300 g/mol. The van der Waals surface area contributed by atoms with Gasteiger partial charge in [0.2, 0.25) is 0 Å². The second-order valence-electron chi connectivity index (χ2n) is 6.63. The quantitative estimate of drug-likeness (QED) is 0.921. The van der Waals surface area contributed by atoms with Crippen LogP contribution in [0.15, 0.2) is 24.5 Å². The third-order valence-corrected chi connectivity index (χ3v) is 4.67. The molecule has 3 heterocycles. The molecule has 1 N–H and O–H groups in total. The number of hydrogen-bond acceptors (Lipinski definition) is 3. The number of pyridine rings is 1. The van der Waals surface area contributed by atoms with Gasteiger partial charge in [0.25, 0.3) is 0 Å². The van der Waals surface area contributed by atoms with Crippen molar-refractivity contribution in [2.24, 2.45) is 0 Å². The van der Waals surface area contributed by atoms with E-state index in [9.17, 15) is 0 Å². The molecule has 0 aromatic carbocycles. The fraction of sp³-hybridized carbons (Fsp3) is 0.611. The van der Waals surface area contributed by atoms with Gasteiger partial charge in [0.05, 0.1) is 11.9 Å². The Bertz CT molecular complexity index is 596. The molecule has 0 amide bonds. The van der Waals surface area contributed by atoms with Crippen LogP contribution in [0.5, 0.6) is 0 Å². The van der Waals surface area contributed by atoms with Crippen LogP contribution in [-0.4, -0.2) is 40.0 Å². The van der Waals surface area contributed by atoms with Gasteiger partial charge in [-0.1, -0.05) is 18.9 Å². The molecule has 22 heavy (non-hydrogen) atoms. The second-order valence-corrected chi connectivity index (χ2v) is 6.63. The van der Waals surface area contributed by atoms with Gasteiger partial charge in [-0.25, -0.2) is 4.98 Å². The number of aromatic nitrogens is 2. The van der Waals surface area contributed by atoms with Crippen LogP contribution in [0, 0.1) is 6.92 Å². The lowest BCUT2D eigenvalue weighted by molar-refractivity contribution is 0.255. The maximum Gasteiger partial charge on any atom is 0.139 e. The Kier molecular flexibility index (Phi) is 5.11.